The van der Waals surface area contributed by atoms with Crippen molar-refractivity contribution in [3.05, 3.63) is 30.1 Å². The molecule has 98 valence electrons. The number of rotatable bonds is 4. The van der Waals surface area contributed by atoms with E-state index in [4.69, 9.17) is 11.5 Å². The first-order chi connectivity index (χ1) is 8.72. The first-order valence-electron chi connectivity index (χ1n) is 6.35. The van der Waals surface area contributed by atoms with Gasteiger partial charge >= 0.3 is 0 Å². The molecular formula is C13H20N4O. The summed E-state index contributed by atoms with van der Waals surface area (Å²) in [5.74, 6) is -0.258. The Bertz CT molecular complexity index is 395. The number of pyridine rings is 1. The predicted molar refractivity (Wildman–Crippen MR) is 69.5 cm³/mol. The van der Waals surface area contributed by atoms with Gasteiger partial charge in [0.2, 0.25) is 5.91 Å². The van der Waals surface area contributed by atoms with E-state index in [0.29, 0.717) is 13.1 Å². The highest BCUT2D eigenvalue weighted by atomic mass is 16.1. The van der Waals surface area contributed by atoms with Gasteiger partial charge in [-0.1, -0.05) is 6.07 Å². The molecule has 2 heterocycles. The quantitative estimate of drug-likeness (QED) is 0.801. The maximum atomic E-state index is 11.3. The van der Waals surface area contributed by atoms with E-state index in [1.165, 1.54) is 0 Å². The molecule has 1 aromatic heterocycles. The zero-order valence-corrected chi connectivity index (χ0v) is 10.5. The van der Waals surface area contributed by atoms with Crippen LogP contribution in [0.1, 0.15) is 24.4 Å². The molecule has 0 bridgehead atoms. The van der Waals surface area contributed by atoms with E-state index in [1.54, 1.807) is 6.20 Å². The minimum absolute atomic E-state index is 0.0514. The zero-order chi connectivity index (χ0) is 13.0. The Morgan fingerprint density at radius 2 is 2.44 bits per heavy atom. The number of carbonyl (C=O) groups excluding carboxylic acids is 1. The number of hydrogen-bond acceptors (Lipinski definition) is 4. The van der Waals surface area contributed by atoms with Crippen molar-refractivity contribution in [1.82, 2.24) is 9.88 Å². The molecule has 1 fully saturated rings. The monoisotopic (exact) mass is 248 g/mol. The van der Waals surface area contributed by atoms with E-state index >= 15 is 0 Å². The van der Waals surface area contributed by atoms with E-state index in [2.05, 4.69) is 9.88 Å². The summed E-state index contributed by atoms with van der Waals surface area (Å²) in [5, 5.41) is 0. The number of nitrogens with zero attached hydrogens (tertiary/aromatic N) is 2. The second kappa shape index (κ2) is 5.93. The third-order valence-corrected chi connectivity index (χ3v) is 3.59. The van der Waals surface area contributed by atoms with E-state index in [-0.39, 0.29) is 17.9 Å². The molecule has 1 saturated heterocycles. The number of likely N-dealkylation sites (tertiary alicyclic amines) is 1. The molecule has 5 nitrogen and oxygen atoms in total. The predicted octanol–water partition coefficient (Wildman–Crippen LogP) is 0.279. The summed E-state index contributed by atoms with van der Waals surface area (Å²) in [6, 6.07) is 4.06. The van der Waals surface area contributed by atoms with Crippen LogP contribution in [0.15, 0.2) is 24.5 Å². The summed E-state index contributed by atoms with van der Waals surface area (Å²) < 4.78 is 0. The summed E-state index contributed by atoms with van der Waals surface area (Å²) >= 11 is 0. The molecular weight excluding hydrogens is 228 g/mol. The summed E-state index contributed by atoms with van der Waals surface area (Å²) in [4.78, 5) is 17.7. The lowest BCUT2D eigenvalue weighted by atomic mass is 9.94. The van der Waals surface area contributed by atoms with Crippen molar-refractivity contribution in [3.8, 4) is 0 Å². The molecule has 0 aliphatic carbocycles. The van der Waals surface area contributed by atoms with Gasteiger partial charge in [0.25, 0.3) is 0 Å². The van der Waals surface area contributed by atoms with Crippen molar-refractivity contribution >= 4 is 5.91 Å². The minimum atomic E-state index is -0.207. The summed E-state index contributed by atoms with van der Waals surface area (Å²) in [7, 11) is 0. The molecule has 2 rings (SSSR count). The third kappa shape index (κ3) is 2.86. The normalized spacial score (nSPS) is 22.6. The largest absolute Gasteiger partial charge is 0.369 e. The van der Waals surface area contributed by atoms with Crippen LogP contribution in [0.25, 0.3) is 0 Å². The highest BCUT2D eigenvalue weighted by Crippen LogP contribution is 2.25. The molecule has 0 saturated carbocycles. The molecule has 2 unspecified atom stereocenters. The van der Waals surface area contributed by atoms with Crippen molar-refractivity contribution < 1.29 is 4.79 Å². The van der Waals surface area contributed by atoms with Crippen LogP contribution >= 0.6 is 0 Å². The van der Waals surface area contributed by atoms with E-state index in [9.17, 15) is 4.79 Å². The number of carbonyl (C=O) groups is 1. The minimum Gasteiger partial charge on any atom is -0.369 e. The fourth-order valence-corrected chi connectivity index (χ4v) is 2.59. The van der Waals surface area contributed by atoms with Gasteiger partial charge in [-0.25, -0.2) is 0 Å². The third-order valence-electron chi connectivity index (χ3n) is 3.59. The van der Waals surface area contributed by atoms with Crippen LogP contribution < -0.4 is 11.5 Å². The molecule has 1 aliphatic rings. The maximum Gasteiger partial charge on any atom is 0.221 e. The Labute approximate surface area is 107 Å². The molecule has 5 heteroatoms. The number of hydrogen-bond donors (Lipinski definition) is 2. The second-order valence-electron chi connectivity index (χ2n) is 4.77. The Morgan fingerprint density at radius 3 is 3.06 bits per heavy atom. The standard InChI is InChI=1S/C13H20N4O/c14-7-12(10-3-1-5-16-8-10)17-6-2-4-11(9-17)13(15)18/h1,3,5,8,11-12H,2,4,6-7,9,14H2,(H2,15,18). The number of nitrogens with two attached hydrogens (primary N) is 2. The lowest BCUT2D eigenvalue weighted by Gasteiger charge is -2.36. The molecule has 0 radical (unpaired) electrons. The van der Waals surface area contributed by atoms with Crippen LogP contribution in [0, 0.1) is 5.92 Å². The molecule has 1 amide bonds. The van der Waals surface area contributed by atoms with Gasteiger partial charge in [0.05, 0.1) is 5.92 Å². The highest BCUT2D eigenvalue weighted by molar-refractivity contribution is 5.76. The van der Waals surface area contributed by atoms with Gasteiger partial charge in [0.15, 0.2) is 0 Å². The highest BCUT2D eigenvalue weighted by Gasteiger charge is 2.28. The number of piperidine rings is 1. The lowest BCUT2D eigenvalue weighted by molar-refractivity contribution is -0.123. The first kappa shape index (κ1) is 13.0. The summed E-state index contributed by atoms with van der Waals surface area (Å²) in [6.07, 6.45) is 5.46. The van der Waals surface area contributed by atoms with E-state index in [0.717, 1.165) is 24.9 Å². The molecule has 0 spiro atoms. The van der Waals surface area contributed by atoms with Crippen LogP contribution in [-0.2, 0) is 4.79 Å². The molecule has 2 atom stereocenters. The fourth-order valence-electron chi connectivity index (χ4n) is 2.59. The summed E-state index contributed by atoms with van der Waals surface area (Å²) in [5.41, 5.74) is 12.4. The van der Waals surface area contributed by atoms with Crippen molar-refractivity contribution in [1.29, 1.82) is 0 Å². The molecule has 1 aromatic rings. The summed E-state index contributed by atoms with van der Waals surface area (Å²) in [6.45, 7) is 2.18. The fraction of sp³-hybridized carbons (Fsp3) is 0.538. The van der Waals surface area contributed by atoms with Gasteiger partial charge in [-0.15, -0.1) is 0 Å². The number of primary amides is 1. The second-order valence-corrected chi connectivity index (χ2v) is 4.77. The van der Waals surface area contributed by atoms with Gasteiger partial charge in [-0.05, 0) is 31.0 Å². The van der Waals surface area contributed by atoms with Crippen LogP contribution in [0.5, 0.6) is 0 Å². The Hall–Kier alpha value is -1.46. The van der Waals surface area contributed by atoms with Crippen LogP contribution in [-0.4, -0.2) is 35.4 Å². The van der Waals surface area contributed by atoms with E-state index < -0.39 is 0 Å². The average molecular weight is 248 g/mol. The van der Waals surface area contributed by atoms with Gasteiger partial charge in [-0.2, -0.15) is 0 Å². The van der Waals surface area contributed by atoms with Gasteiger partial charge in [0, 0.05) is 31.5 Å². The van der Waals surface area contributed by atoms with Gasteiger partial charge in [0.1, 0.15) is 0 Å². The molecule has 1 aliphatic heterocycles. The number of amides is 1. The molecule has 0 aromatic carbocycles. The van der Waals surface area contributed by atoms with Crippen LogP contribution in [0.4, 0.5) is 0 Å². The smallest absolute Gasteiger partial charge is 0.221 e. The van der Waals surface area contributed by atoms with Gasteiger partial charge < -0.3 is 11.5 Å². The number of aromatic nitrogens is 1. The zero-order valence-electron chi connectivity index (χ0n) is 10.5. The van der Waals surface area contributed by atoms with Crippen molar-refractivity contribution in [2.45, 2.75) is 18.9 Å². The van der Waals surface area contributed by atoms with E-state index in [1.807, 2.05) is 18.3 Å². The van der Waals surface area contributed by atoms with Crippen LogP contribution in [0.3, 0.4) is 0 Å². The Kier molecular flexibility index (Phi) is 4.28. The Morgan fingerprint density at radius 1 is 1.61 bits per heavy atom. The topological polar surface area (TPSA) is 85.2 Å². The van der Waals surface area contributed by atoms with Crippen molar-refractivity contribution in [2.24, 2.45) is 17.4 Å². The SMILES string of the molecule is NCC(c1cccnc1)N1CCCC(C(N)=O)C1. The first-order valence-corrected chi connectivity index (χ1v) is 6.35. The van der Waals surface area contributed by atoms with Crippen molar-refractivity contribution in [2.75, 3.05) is 19.6 Å². The van der Waals surface area contributed by atoms with Crippen LogP contribution in [0.2, 0.25) is 0 Å². The Balaban J connectivity index is 2.11. The molecule has 18 heavy (non-hydrogen) atoms. The van der Waals surface area contributed by atoms with Crippen molar-refractivity contribution in [3.63, 3.8) is 0 Å². The lowest BCUT2D eigenvalue weighted by Crippen LogP contribution is -2.44. The molecule has 4 N–H and O–H groups in total. The average Bonchev–Trinajstić information content (AvgIpc) is 2.41. The van der Waals surface area contributed by atoms with Gasteiger partial charge in [-0.3, -0.25) is 14.7 Å². The maximum absolute atomic E-state index is 11.3.